The number of nitrogens with zero attached hydrogens (tertiary/aromatic N) is 2. The van der Waals surface area contributed by atoms with E-state index in [2.05, 4.69) is 15.5 Å². The van der Waals surface area contributed by atoms with Crippen molar-refractivity contribution >= 4 is 23.0 Å². The Morgan fingerprint density at radius 2 is 1.77 bits per heavy atom. The van der Waals surface area contributed by atoms with Gasteiger partial charge in [0.25, 0.3) is 5.91 Å². The highest BCUT2D eigenvalue weighted by atomic mass is 16.7. The summed E-state index contributed by atoms with van der Waals surface area (Å²) in [4.78, 5) is 12.9. The van der Waals surface area contributed by atoms with E-state index >= 15 is 0 Å². The van der Waals surface area contributed by atoms with Crippen LogP contribution in [-0.4, -0.2) is 17.8 Å². The molecule has 0 saturated carbocycles. The Kier molecular flexibility index (Phi) is 5.43. The number of aryl methyl sites for hydroxylation is 1. The number of anilines is 1. The molecule has 1 aliphatic heterocycles. The number of carbonyl (C=O) groups is 1. The zero-order valence-corrected chi connectivity index (χ0v) is 16.2. The van der Waals surface area contributed by atoms with Crippen LogP contribution in [0, 0.1) is 6.92 Å². The van der Waals surface area contributed by atoms with Crippen LogP contribution >= 0.6 is 0 Å². The van der Waals surface area contributed by atoms with Gasteiger partial charge >= 0.3 is 0 Å². The van der Waals surface area contributed by atoms with Crippen molar-refractivity contribution in [2.75, 3.05) is 12.1 Å². The highest BCUT2D eigenvalue weighted by Crippen LogP contribution is 2.35. The smallest absolute Gasteiger partial charge is 0.280 e. The molecule has 3 aromatic rings. The first-order chi connectivity index (χ1) is 14.6. The van der Waals surface area contributed by atoms with Gasteiger partial charge in [0.15, 0.2) is 23.0 Å². The molecule has 1 amide bonds. The van der Waals surface area contributed by atoms with Gasteiger partial charge in [-0.1, -0.05) is 42.5 Å². The summed E-state index contributed by atoms with van der Waals surface area (Å²) in [7, 11) is 0. The number of nitrogens with one attached hydrogen (secondary N) is 1. The highest BCUT2D eigenvalue weighted by Gasteiger charge is 2.18. The Bertz CT molecular complexity index is 1140. The fourth-order valence-corrected chi connectivity index (χ4v) is 2.90. The van der Waals surface area contributed by atoms with E-state index < -0.39 is 5.91 Å². The van der Waals surface area contributed by atoms with Crippen LogP contribution in [0.2, 0.25) is 0 Å². The number of aliphatic hydroxyl groups is 1. The first-order valence-electron chi connectivity index (χ1n) is 9.28. The monoisotopic (exact) mass is 401 g/mol. The van der Waals surface area contributed by atoms with Gasteiger partial charge in [-0.25, -0.2) is 0 Å². The highest BCUT2D eigenvalue weighted by molar-refractivity contribution is 6.07. The number of hydrogen-bond acceptors (Lipinski definition) is 6. The molecular weight excluding hydrogens is 382 g/mol. The first-order valence-corrected chi connectivity index (χ1v) is 9.28. The molecule has 0 bridgehead atoms. The van der Waals surface area contributed by atoms with Gasteiger partial charge in [-0.15, -0.1) is 5.11 Å². The molecule has 1 heterocycles. The quantitative estimate of drug-likeness (QED) is 0.341. The largest absolute Gasteiger partial charge is 0.505 e. The van der Waals surface area contributed by atoms with Gasteiger partial charge in [0.2, 0.25) is 6.79 Å². The number of azo groups is 1. The second-order valence-electron chi connectivity index (χ2n) is 6.62. The molecule has 7 heteroatoms. The van der Waals surface area contributed by atoms with Crippen LogP contribution in [0.3, 0.4) is 0 Å². The normalized spacial score (nSPS) is 13.2. The molecule has 0 aliphatic carbocycles. The molecule has 150 valence electrons. The lowest BCUT2D eigenvalue weighted by Gasteiger charge is -2.08. The predicted molar refractivity (Wildman–Crippen MR) is 113 cm³/mol. The van der Waals surface area contributed by atoms with Gasteiger partial charge < -0.3 is 19.9 Å². The molecule has 1 aliphatic rings. The molecule has 0 aromatic heterocycles. The Balaban J connectivity index is 1.67. The molecule has 0 unspecified atom stereocenters. The van der Waals surface area contributed by atoms with Gasteiger partial charge in [0, 0.05) is 17.3 Å². The first kappa shape index (κ1) is 19.2. The van der Waals surface area contributed by atoms with Crippen molar-refractivity contribution in [3.8, 4) is 11.5 Å². The average Bonchev–Trinajstić information content (AvgIpc) is 3.22. The van der Waals surface area contributed by atoms with Crippen molar-refractivity contribution < 1.29 is 19.4 Å². The summed E-state index contributed by atoms with van der Waals surface area (Å²) in [5.41, 5.74) is 2.29. The number of aliphatic hydroxyl groups excluding tert-OH is 1. The second-order valence-corrected chi connectivity index (χ2v) is 6.62. The summed E-state index contributed by atoms with van der Waals surface area (Å²) in [5, 5.41) is 21.7. The van der Waals surface area contributed by atoms with Crippen LogP contribution in [0.15, 0.2) is 88.7 Å². The van der Waals surface area contributed by atoms with Gasteiger partial charge in [-0.05, 0) is 36.8 Å². The minimum absolute atomic E-state index is 0.148. The zero-order valence-electron chi connectivity index (χ0n) is 16.2. The molecule has 30 heavy (non-hydrogen) atoms. The lowest BCUT2D eigenvalue weighted by Crippen LogP contribution is -2.15. The van der Waals surface area contributed by atoms with Crippen LogP contribution in [0.1, 0.15) is 11.1 Å². The topological polar surface area (TPSA) is 92.5 Å². The summed E-state index contributed by atoms with van der Waals surface area (Å²) in [5.74, 6) is 0.319. The molecule has 4 rings (SSSR count). The summed E-state index contributed by atoms with van der Waals surface area (Å²) < 4.78 is 10.6. The van der Waals surface area contributed by atoms with Gasteiger partial charge in [0.1, 0.15) is 0 Å². The van der Waals surface area contributed by atoms with Crippen molar-refractivity contribution in [2.24, 2.45) is 10.2 Å². The minimum Gasteiger partial charge on any atom is -0.505 e. The fraction of sp³-hybridized carbons (Fsp3) is 0.0870. The van der Waals surface area contributed by atoms with Crippen molar-refractivity contribution in [3.63, 3.8) is 0 Å². The van der Waals surface area contributed by atoms with Crippen LogP contribution in [0.4, 0.5) is 11.4 Å². The molecule has 2 N–H and O–H groups in total. The van der Waals surface area contributed by atoms with Gasteiger partial charge in [-0.2, -0.15) is 5.11 Å². The Hall–Kier alpha value is -4.13. The molecule has 0 atom stereocenters. The molecule has 0 fully saturated rings. The van der Waals surface area contributed by atoms with Gasteiger partial charge in [0.05, 0.1) is 5.69 Å². The van der Waals surface area contributed by atoms with Crippen LogP contribution in [0.25, 0.3) is 5.76 Å². The van der Waals surface area contributed by atoms with E-state index in [4.69, 9.17) is 9.47 Å². The molecule has 0 spiro atoms. The molecule has 3 aromatic carbocycles. The molecule has 7 nitrogen and oxygen atoms in total. The second kappa shape index (κ2) is 8.48. The lowest BCUT2D eigenvalue weighted by molar-refractivity contribution is -0.112. The lowest BCUT2D eigenvalue weighted by atomic mass is 10.1. The number of carbonyl (C=O) groups excluding carboxylic acids is 1. The van der Waals surface area contributed by atoms with E-state index in [1.54, 1.807) is 48.5 Å². The predicted octanol–water partition coefficient (Wildman–Crippen LogP) is 5.37. The molecular formula is C23H19N3O4. The van der Waals surface area contributed by atoms with E-state index in [1.807, 2.05) is 31.2 Å². The fourth-order valence-electron chi connectivity index (χ4n) is 2.90. The summed E-state index contributed by atoms with van der Waals surface area (Å²) in [6, 6.07) is 21.1. The van der Waals surface area contributed by atoms with Gasteiger partial charge in [-0.3, -0.25) is 4.79 Å². The van der Waals surface area contributed by atoms with E-state index in [1.165, 1.54) is 0 Å². The number of amides is 1. The molecule has 0 saturated heterocycles. The molecule has 0 radical (unpaired) electrons. The van der Waals surface area contributed by atoms with Crippen LogP contribution < -0.4 is 14.8 Å². The van der Waals surface area contributed by atoms with Crippen LogP contribution in [0.5, 0.6) is 11.5 Å². The number of benzene rings is 3. The number of ether oxygens (including phenoxy) is 2. The third kappa shape index (κ3) is 4.30. The minimum atomic E-state index is -0.577. The van der Waals surface area contributed by atoms with E-state index in [9.17, 15) is 9.90 Å². The standard InChI is InChI=1S/C23H19N3O4/c1-15-6-5-9-17(12-15)24-23(28)21(22(27)16-7-3-2-4-8-16)26-25-18-10-11-19-20(13-18)30-14-29-19/h2-13,27H,14H2,1H3,(H,24,28)/b22-21+,26-25?. The number of fused-ring (bicyclic) bond motifs is 1. The number of hydrogen-bond donors (Lipinski definition) is 2. The van der Waals surface area contributed by atoms with E-state index in [-0.39, 0.29) is 18.2 Å². The summed E-state index contributed by atoms with van der Waals surface area (Å²) in [6.45, 7) is 2.07. The SMILES string of the molecule is Cc1cccc(NC(=O)/C(N=Nc2ccc3c(c2)OCO3)=C(\O)c2ccccc2)c1. The zero-order chi connectivity index (χ0) is 20.9. The summed E-state index contributed by atoms with van der Waals surface area (Å²) in [6.07, 6.45) is 0. The van der Waals surface area contributed by atoms with E-state index in [0.29, 0.717) is 28.4 Å². The van der Waals surface area contributed by atoms with Crippen LogP contribution in [-0.2, 0) is 4.79 Å². The van der Waals surface area contributed by atoms with Crippen molar-refractivity contribution in [3.05, 3.63) is 89.6 Å². The van der Waals surface area contributed by atoms with Crippen molar-refractivity contribution in [1.82, 2.24) is 0 Å². The Morgan fingerprint density at radius 1 is 0.967 bits per heavy atom. The summed E-state index contributed by atoms with van der Waals surface area (Å²) >= 11 is 0. The average molecular weight is 401 g/mol. The third-order valence-electron chi connectivity index (χ3n) is 4.38. The maximum absolute atomic E-state index is 12.9. The maximum Gasteiger partial charge on any atom is 0.280 e. The maximum atomic E-state index is 12.9. The Morgan fingerprint density at radius 3 is 2.57 bits per heavy atom. The van der Waals surface area contributed by atoms with Crippen molar-refractivity contribution in [2.45, 2.75) is 6.92 Å². The Labute approximate surface area is 173 Å². The number of rotatable bonds is 5. The van der Waals surface area contributed by atoms with Crippen molar-refractivity contribution in [1.29, 1.82) is 0 Å². The van der Waals surface area contributed by atoms with E-state index in [0.717, 1.165) is 5.56 Å². The third-order valence-corrected chi connectivity index (χ3v) is 4.38.